The van der Waals surface area contributed by atoms with Gasteiger partial charge in [0, 0.05) is 11.5 Å². The van der Waals surface area contributed by atoms with E-state index in [0.29, 0.717) is 22.5 Å². The molecular formula is C24H24N2O4. The third-order valence-corrected chi connectivity index (χ3v) is 5.74. The molecular weight excluding hydrogens is 380 g/mol. The molecule has 1 unspecified atom stereocenters. The third kappa shape index (κ3) is 3.28. The number of aryl methyl sites for hydroxylation is 1. The van der Waals surface area contributed by atoms with E-state index in [1.165, 1.54) is 6.07 Å². The molecule has 6 nitrogen and oxygen atoms in total. The van der Waals surface area contributed by atoms with E-state index in [1.54, 1.807) is 13.0 Å². The first-order valence-electron chi connectivity index (χ1n) is 9.97. The molecule has 30 heavy (non-hydrogen) atoms. The molecule has 2 aromatic carbocycles. The lowest BCUT2D eigenvalue weighted by Crippen LogP contribution is -2.40. The fourth-order valence-corrected chi connectivity index (χ4v) is 3.88. The van der Waals surface area contributed by atoms with Crippen LogP contribution in [0.25, 0.3) is 11.0 Å². The first kappa shape index (κ1) is 19.9. The Hall–Kier alpha value is -3.41. The normalized spacial score (nSPS) is 19.0. The smallest absolute Gasteiger partial charge is 0.336 e. The van der Waals surface area contributed by atoms with Crippen LogP contribution in [0.4, 0.5) is 4.79 Å². The van der Waals surface area contributed by atoms with E-state index in [-0.39, 0.29) is 12.5 Å². The Morgan fingerprint density at radius 3 is 2.40 bits per heavy atom. The SMILES string of the molecule is Cc1ccc2c(CN3C(=O)NC(C)(c4ccc(C(C)C)cc4)C3=O)cc(=O)oc2c1. The van der Waals surface area contributed by atoms with Gasteiger partial charge in [0.1, 0.15) is 11.1 Å². The van der Waals surface area contributed by atoms with Gasteiger partial charge in [0.25, 0.3) is 5.91 Å². The molecule has 0 saturated carbocycles. The summed E-state index contributed by atoms with van der Waals surface area (Å²) in [4.78, 5) is 39.2. The number of imide groups is 1. The molecule has 0 radical (unpaired) electrons. The number of fused-ring (bicyclic) bond motifs is 1. The minimum Gasteiger partial charge on any atom is -0.423 e. The van der Waals surface area contributed by atoms with Crippen LogP contribution in [0, 0.1) is 6.92 Å². The van der Waals surface area contributed by atoms with Crippen molar-refractivity contribution in [3.8, 4) is 0 Å². The standard InChI is InChI=1S/C24H24N2O4/c1-14(2)16-6-8-18(9-7-16)24(4)22(28)26(23(29)25-24)13-17-12-21(27)30-20-11-15(3)5-10-19(17)20/h5-12,14H,13H2,1-4H3,(H,25,29). The maximum Gasteiger partial charge on any atom is 0.336 e. The number of nitrogens with zero attached hydrogens (tertiary/aromatic N) is 1. The summed E-state index contributed by atoms with van der Waals surface area (Å²) < 4.78 is 5.28. The van der Waals surface area contributed by atoms with E-state index >= 15 is 0 Å². The lowest BCUT2D eigenvalue weighted by atomic mass is 9.90. The number of urea groups is 1. The van der Waals surface area contributed by atoms with Crippen molar-refractivity contribution in [3.05, 3.63) is 81.2 Å². The highest BCUT2D eigenvalue weighted by atomic mass is 16.4. The number of rotatable bonds is 4. The number of nitrogens with one attached hydrogen (secondary N) is 1. The van der Waals surface area contributed by atoms with Gasteiger partial charge in [-0.15, -0.1) is 0 Å². The highest BCUT2D eigenvalue weighted by molar-refractivity contribution is 6.07. The Labute approximate surface area is 174 Å². The van der Waals surface area contributed by atoms with Gasteiger partial charge in [-0.05, 0) is 48.1 Å². The predicted octanol–water partition coefficient (Wildman–Crippen LogP) is 4.19. The Balaban J connectivity index is 1.68. The zero-order chi connectivity index (χ0) is 21.6. The maximum atomic E-state index is 13.3. The fourth-order valence-electron chi connectivity index (χ4n) is 3.88. The fraction of sp³-hybridized carbons (Fsp3) is 0.292. The molecule has 1 aromatic heterocycles. The molecule has 1 atom stereocenters. The van der Waals surface area contributed by atoms with Gasteiger partial charge in [0.15, 0.2) is 0 Å². The topological polar surface area (TPSA) is 79.6 Å². The summed E-state index contributed by atoms with van der Waals surface area (Å²) in [6.07, 6.45) is 0. The van der Waals surface area contributed by atoms with E-state index in [9.17, 15) is 14.4 Å². The monoisotopic (exact) mass is 404 g/mol. The molecule has 1 fully saturated rings. The van der Waals surface area contributed by atoms with Gasteiger partial charge in [0.05, 0.1) is 6.54 Å². The molecule has 0 spiro atoms. The Kier molecular flexibility index (Phi) is 4.73. The summed E-state index contributed by atoms with van der Waals surface area (Å²) in [6.45, 7) is 7.81. The molecule has 4 rings (SSSR count). The minimum absolute atomic E-state index is 0.00447. The molecule has 0 aliphatic carbocycles. The van der Waals surface area contributed by atoms with Crippen molar-refractivity contribution in [2.45, 2.75) is 45.7 Å². The van der Waals surface area contributed by atoms with Crippen molar-refractivity contribution in [2.24, 2.45) is 0 Å². The van der Waals surface area contributed by atoms with Gasteiger partial charge >= 0.3 is 11.7 Å². The van der Waals surface area contributed by atoms with Crippen LogP contribution in [-0.2, 0) is 16.9 Å². The van der Waals surface area contributed by atoms with Crippen molar-refractivity contribution < 1.29 is 14.0 Å². The van der Waals surface area contributed by atoms with E-state index in [4.69, 9.17) is 4.42 Å². The first-order chi connectivity index (χ1) is 14.2. The van der Waals surface area contributed by atoms with E-state index in [0.717, 1.165) is 21.6 Å². The van der Waals surface area contributed by atoms with Gasteiger partial charge in [-0.3, -0.25) is 9.69 Å². The van der Waals surface area contributed by atoms with Gasteiger partial charge < -0.3 is 9.73 Å². The van der Waals surface area contributed by atoms with Crippen molar-refractivity contribution in [2.75, 3.05) is 0 Å². The molecule has 1 saturated heterocycles. The zero-order valence-electron chi connectivity index (χ0n) is 17.5. The maximum absolute atomic E-state index is 13.3. The molecule has 1 aliphatic rings. The predicted molar refractivity (Wildman–Crippen MR) is 114 cm³/mol. The van der Waals surface area contributed by atoms with Crippen LogP contribution in [0.1, 0.15) is 48.9 Å². The minimum atomic E-state index is -1.15. The Morgan fingerprint density at radius 2 is 1.73 bits per heavy atom. The van der Waals surface area contributed by atoms with E-state index in [1.807, 2.05) is 43.3 Å². The highest BCUT2D eigenvalue weighted by Gasteiger charge is 2.49. The van der Waals surface area contributed by atoms with Crippen molar-refractivity contribution in [1.82, 2.24) is 10.2 Å². The van der Waals surface area contributed by atoms with Crippen LogP contribution in [0.2, 0.25) is 0 Å². The van der Waals surface area contributed by atoms with Crippen LogP contribution >= 0.6 is 0 Å². The van der Waals surface area contributed by atoms with Crippen LogP contribution in [-0.4, -0.2) is 16.8 Å². The second kappa shape index (κ2) is 7.13. The van der Waals surface area contributed by atoms with Gasteiger partial charge in [0.2, 0.25) is 0 Å². The van der Waals surface area contributed by atoms with Crippen molar-refractivity contribution in [1.29, 1.82) is 0 Å². The summed E-state index contributed by atoms with van der Waals surface area (Å²) in [7, 11) is 0. The quantitative estimate of drug-likeness (QED) is 0.522. The van der Waals surface area contributed by atoms with Crippen LogP contribution in [0.3, 0.4) is 0 Å². The Bertz CT molecular complexity index is 1210. The van der Waals surface area contributed by atoms with Crippen LogP contribution < -0.4 is 10.9 Å². The zero-order valence-corrected chi connectivity index (χ0v) is 17.5. The molecule has 6 heteroatoms. The average Bonchev–Trinajstić information content (AvgIpc) is 2.91. The lowest BCUT2D eigenvalue weighted by molar-refractivity contribution is -0.131. The third-order valence-electron chi connectivity index (χ3n) is 5.74. The molecule has 0 bridgehead atoms. The van der Waals surface area contributed by atoms with Gasteiger partial charge in [-0.2, -0.15) is 0 Å². The van der Waals surface area contributed by atoms with Crippen LogP contribution in [0.15, 0.2) is 57.7 Å². The van der Waals surface area contributed by atoms with Crippen LogP contribution in [0.5, 0.6) is 0 Å². The van der Waals surface area contributed by atoms with Gasteiger partial charge in [-0.25, -0.2) is 9.59 Å². The molecule has 3 aromatic rings. The summed E-state index contributed by atoms with van der Waals surface area (Å²) in [5, 5.41) is 3.53. The lowest BCUT2D eigenvalue weighted by Gasteiger charge is -2.23. The molecule has 154 valence electrons. The number of benzene rings is 2. The molecule has 2 heterocycles. The van der Waals surface area contributed by atoms with E-state index < -0.39 is 17.2 Å². The average molecular weight is 404 g/mol. The Morgan fingerprint density at radius 1 is 1.03 bits per heavy atom. The second-order valence-corrected chi connectivity index (χ2v) is 8.31. The van der Waals surface area contributed by atoms with Crippen molar-refractivity contribution in [3.63, 3.8) is 0 Å². The summed E-state index contributed by atoms with van der Waals surface area (Å²) in [5.74, 6) is 0.0252. The van der Waals surface area contributed by atoms with Gasteiger partial charge in [-0.1, -0.05) is 50.2 Å². The number of carbonyl (C=O) groups is 2. The van der Waals surface area contributed by atoms with E-state index in [2.05, 4.69) is 19.2 Å². The molecule has 1 N–H and O–H groups in total. The largest absolute Gasteiger partial charge is 0.423 e. The first-order valence-corrected chi connectivity index (χ1v) is 9.97. The number of hydrogen-bond acceptors (Lipinski definition) is 4. The summed E-state index contributed by atoms with van der Waals surface area (Å²) in [6, 6.07) is 14.1. The second-order valence-electron chi connectivity index (χ2n) is 8.31. The summed E-state index contributed by atoms with van der Waals surface area (Å²) in [5.41, 5.74) is 2.19. The number of carbonyl (C=O) groups excluding carboxylic acids is 2. The number of hydrogen-bond donors (Lipinski definition) is 1. The number of amides is 3. The summed E-state index contributed by atoms with van der Waals surface area (Å²) >= 11 is 0. The molecule has 3 amide bonds. The highest BCUT2D eigenvalue weighted by Crippen LogP contribution is 2.31. The molecule has 1 aliphatic heterocycles. The van der Waals surface area contributed by atoms with Crippen molar-refractivity contribution >= 4 is 22.9 Å².